The van der Waals surface area contributed by atoms with Gasteiger partial charge in [-0.2, -0.15) is 0 Å². The molecule has 5 aliphatic carbocycles. The van der Waals surface area contributed by atoms with Crippen molar-refractivity contribution in [1.29, 1.82) is 0 Å². The highest BCUT2D eigenvalue weighted by Gasteiger charge is 2.64. The number of aliphatic hydroxyl groups is 3. The monoisotopic (exact) mass is 700 g/mol. The summed E-state index contributed by atoms with van der Waals surface area (Å²) in [6, 6.07) is 10.2. The number of aliphatic hydroxyl groups excluding tert-OH is 2. The number of benzene rings is 1. The number of unbranched alkanes of at least 4 members (excludes halogenated alkanes) is 1. The predicted octanol–water partition coefficient (Wildman–Crippen LogP) is 7.56. The van der Waals surface area contributed by atoms with Gasteiger partial charge in [-0.05, 0) is 132 Å². The van der Waals surface area contributed by atoms with E-state index in [9.17, 15) is 29.7 Å². The number of aryl methyl sites for hydroxylation is 1. The fraction of sp³-hybridized carbons (Fsp3) is 0.659. The highest BCUT2D eigenvalue weighted by molar-refractivity contribution is 5.92. The van der Waals surface area contributed by atoms with E-state index in [0.717, 1.165) is 70.6 Å². The summed E-state index contributed by atoms with van der Waals surface area (Å²) >= 11 is 0. The molecule has 0 unspecified atom stereocenters. The fourth-order valence-electron chi connectivity index (χ4n) is 10.8. The van der Waals surface area contributed by atoms with Crippen LogP contribution in [0.2, 0.25) is 0 Å². The molecule has 0 saturated heterocycles. The first-order valence-electron chi connectivity index (χ1n) is 19.9. The summed E-state index contributed by atoms with van der Waals surface area (Å²) in [4.78, 5) is 38.3. The van der Waals surface area contributed by atoms with Crippen molar-refractivity contribution >= 4 is 17.5 Å². The summed E-state index contributed by atoms with van der Waals surface area (Å²) in [6.45, 7) is 3.92. The van der Waals surface area contributed by atoms with Crippen LogP contribution in [-0.2, 0) is 25.5 Å². The van der Waals surface area contributed by atoms with E-state index in [0.29, 0.717) is 43.9 Å². The first kappa shape index (κ1) is 37.9. The van der Waals surface area contributed by atoms with Crippen molar-refractivity contribution in [1.82, 2.24) is 0 Å². The maximum atomic E-state index is 13.5. The molecule has 0 radical (unpaired) electrons. The van der Waals surface area contributed by atoms with Crippen LogP contribution in [0.15, 0.2) is 65.8 Å². The molecule has 278 valence electrons. The normalized spacial score (nSPS) is 35.1. The molecule has 7 heteroatoms. The molecule has 6 rings (SSSR count). The molecule has 0 bridgehead atoms. The van der Waals surface area contributed by atoms with Gasteiger partial charge in [-0.1, -0.05) is 73.6 Å². The van der Waals surface area contributed by atoms with Gasteiger partial charge < -0.3 is 20.1 Å². The van der Waals surface area contributed by atoms with Crippen LogP contribution >= 0.6 is 0 Å². The summed E-state index contributed by atoms with van der Waals surface area (Å²) in [6.07, 6.45) is 20.1. The molecule has 1 aromatic carbocycles. The van der Waals surface area contributed by atoms with E-state index in [-0.39, 0.29) is 47.4 Å². The lowest BCUT2D eigenvalue weighted by atomic mass is 9.50. The van der Waals surface area contributed by atoms with Gasteiger partial charge in [-0.15, -0.1) is 0 Å². The van der Waals surface area contributed by atoms with Gasteiger partial charge in [0.05, 0.1) is 12.2 Å². The second kappa shape index (κ2) is 16.0. The maximum absolute atomic E-state index is 13.5. The number of allylic oxidation sites excluding steroid dienone is 6. The molecule has 3 N–H and O–H groups in total. The highest BCUT2D eigenvalue weighted by Crippen LogP contribution is 2.65. The molecule has 3 fully saturated rings. The number of hydrogen-bond acceptors (Lipinski definition) is 7. The van der Waals surface area contributed by atoms with E-state index in [2.05, 4.69) is 37.3 Å². The lowest BCUT2D eigenvalue weighted by molar-refractivity contribution is -0.163. The minimum atomic E-state index is -1.52. The molecular weight excluding hydrogens is 640 g/mol. The van der Waals surface area contributed by atoms with Crippen molar-refractivity contribution in [3.05, 3.63) is 71.3 Å². The number of hydrogen-bond donors (Lipinski definition) is 3. The third-order valence-electron chi connectivity index (χ3n) is 14.0. The smallest absolute Gasteiger partial charge is 0.306 e. The van der Waals surface area contributed by atoms with E-state index in [4.69, 9.17) is 4.74 Å². The van der Waals surface area contributed by atoms with Gasteiger partial charge >= 0.3 is 5.97 Å². The zero-order valence-electron chi connectivity index (χ0n) is 30.9. The molecule has 0 spiro atoms. The molecule has 5 aliphatic rings. The predicted molar refractivity (Wildman–Crippen MR) is 197 cm³/mol. The average molecular weight is 701 g/mol. The molecule has 7 nitrogen and oxygen atoms in total. The number of fused-ring (bicyclic) bond motifs is 5. The third kappa shape index (κ3) is 7.91. The lowest BCUT2D eigenvalue weighted by Gasteiger charge is -2.54. The van der Waals surface area contributed by atoms with Gasteiger partial charge in [-0.25, -0.2) is 0 Å². The van der Waals surface area contributed by atoms with Gasteiger partial charge in [0.25, 0.3) is 0 Å². The minimum Gasteiger partial charge on any atom is -0.458 e. The average Bonchev–Trinajstić information content (AvgIpc) is 3.62. The van der Waals surface area contributed by atoms with E-state index < -0.39 is 23.6 Å². The number of carbonyl (C=O) groups is 3. The van der Waals surface area contributed by atoms with Crippen LogP contribution in [0, 0.1) is 34.5 Å². The maximum Gasteiger partial charge on any atom is 0.306 e. The third-order valence-corrected chi connectivity index (χ3v) is 14.0. The Morgan fingerprint density at radius 1 is 1.02 bits per heavy atom. The summed E-state index contributed by atoms with van der Waals surface area (Å²) in [5.74, 6) is 0.502. The Bertz CT molecular complexity index is 1510. The number of Topliss-reactive ketones (excluding diaryl/α,β-unsaturated/α-hetero) is 1. The largest absolute Gasteiger partial charge is 0.458 e. The molecular formula is C44H60O7. The number of esters is 1. The SMILES string of the molecule is C[C@]12CCC(=O)C=C1CC[C@@H]1C2=CC[C@@]2(C)[C@H]1CC[C@]2(O)C(=O)COC(=O)CCC/C=C\C[C@H]1CC[C@@H](O)[C@@H]1CC[C@@H](O)CCc1ccccc1. The minimum absolute atomic E-state index is 0.0950. The van der Waals surface area contributed by atoms with Crippen LogP contribution in [0.3, 0.4) is 0 Å². The molecule has 51 heavy (non-hydrogen) atoms. The van der Waals surface area contributed by atoms with Gasteiger partial charge in [0, 0.05) is 23.7 Å². The molecule has 0 heterocycles. The van der Waals surface area contributed by atoms with Crippen LogP contribution in [-0.4, -0.2) is 57.3 Å². The van der Waals surface area contributed by atoms with Crippen molar-refractivity contribution in [3.63, 3.8) is 0 Å². The summed E-state index contributed by atoms with van der Waals surface area (Å²) < 4.78 is 5.44. The van der Waals surface area contributed by atoms with Crippen LogP contribution in [0.5, 0.6) is 0 Å². The molecule has 0 amide bonds. The number of carbonyl (C=O) groups excluding carboxylic acids is 3. The van der Waals surface area contributed by atoms with E-state index in [1.807, 2.05) is 31.2 Å². The van der Waals surface area contributed by atoms with Crippen LogP contribution in [0.1, 0.15) is 122 Å². The van der Waals surface area contributed by atoms with E-state index >= 15 is 0 Å². The topological polar surface area (TPSA) is 121 Å². The first-order chi connectivity index (χ1) is 24.4. The summed E-state index contributed by atoms with van der Waals surface area (Å²) in [5.41, 5.74) is 1.67. The van der Waals surface area contributed by atoms with Crippen molar-refractivity contribution in [2.24, 2.45) is 34.5 Å². The van der Waals surface area contributed by atoms with Gasteiger partial charge in [0.1, 0.15) is 5.60 Å². The Hall–Kier alpha value is -2.87. The van der Waals surface area contributed by atoms with Crippen molar-refractivity contribution in [3.8, 4) is 0 Å². The second-order valence-electron chi connectivity index (χ2n) is 16.9. The molecule has 0 aliphatic heterocycles. The Labute approximate surface area is 304 Å². The standard InChI is InChI=1S/C44H60O7/c1-42-25-22-34(46)28-32(42)16-19-36-37(42)23-26-43(2)38(36)24-27-44(43,50)40(48)29-51-41(49)13-9-4-3-8-12-31-15-21-39(47)35(31)20-18-33(45)17-14-30-10-6-5-7-11-30/h3,5-8,10-11,23,28,31,33,35-36,38-39,45,47,50H,4,9,12-22,24-27,29H2,1-2H3/b8-3-/t31-,33-,35+,36+,38-,39+,42-,43-,44-/m0/s1. The number of ketones is 2. The second-order valence-corrected chi connectivity index (χ2v) is 16.9. The Morgan fingerprint density at radius 3 is 2.63 bits per heavy atom. The molecule has 9 atom stereocenters. The summed E-state index contributed by atoms with van der Waals surface area (Å²) in [5, 5.41) is 33.1. The Balaban J connectivity index is 0.908. The lowest BCUT2D eigenvalue weighted by Crippen LogP contribution is -2.55. The number of ether oxygens (including phenoxy) is 1. The Kier molecular flexibility index (Phi) is 11.9. The van der Waals surface area contributed by atoms with Crippen LogP contribution in [0.25, 0.3) is 0 Å². The van der Waals surface area contributed by atoms with Crippen LogP contribution in [0.4, 0.5) is 0 Å². The molecule has 3 saturated carbocycles. The van der Waals surface area contributed by atoms with Gasteiger partial charge in [-0.3, -0.25) is 14.4 Å². The molecule has 0 aromatic heterocycles. The van der Waals surface area contributed by atoms with E-state index in [1.54, 1.807) is 0 Å². The fourth-order valence-corrected chi connectivity index (χ4v) is 10.8. The number of rotatable bonds is 15. The van der Waals surface area contributed by atoms with Gasteiger partial charge in [0.2, 0.25) is 5.78 Å². The van der Waals surface area contributed by atoms with Crippen molar-refractivity contribution in [2.75, 3.05) is 6.61 Å². The highest BCUT2D eigenvalue weighted by atomic mass is 16.5. The zero-order chi connectivity index (χ0) is 36.2. The van der Waals surface area contributed by atoms with Crippen molar-refractivity contribution < 1.29 is 34.4 Å². The zero-order valence-corrected chi connectivity index (χ0v) is 30.9. The van der Waals surface area contributed by atoms with Crippen molar-refractivity contribution in [2.45, 2.75) is 141 Å². The quantitative estimate of drug-likeness (QED) is 0.0981. The first-order valence-corrected chi connectivity index (χ1v) is 19.9. The molecule has 1 aromatic rings. The Morgan fingerprint density at radius 2 is 1.82 bits per heavy atom. The van der Waals surface area contributed by atoms with Gasteiger partial charge in [0.15, 0.2) is 12.4 Å². The van der Waals surface area contributed by atoms with E-state index in [1.165, 1.54) is 16.7 Å². The summed E-state index contributed by atoms with van der Waals surface area (Å²) in [7, 11) is 0. The van der Waals surface area contributed by atoms with Crippen LogP contribution < -0.4 is 0 Å².